The van der Waals surface area contributed by atoms with Gasteiger partial charge in [-0.2, -0.15) is 0 Å². The summed E-state index contributed by atoms with van der Waals surface area (Å²) in [6, 6.07) is 3.62. The Kier molecular flexibility index (Phi) is 3.94. The van der Waals surface area contributed by atoms with Crippen LogP contribution in [0.4, 0.5) is 0 Å². The van der Waals surface area contributed by atoms with Gasteiger partial charge in [-0.05, 0) is 30.2 Å². The Morgan fingerprint density at radius 3 is 2.20 bits per heavy atom. The Balaban J connectivity index is 3.19. The molecule has 0 fully saturated rings. The summed E-state index contributed by atoms with van der Waals surface area (Å²) in [5, 5.41) is 0. The van der Waals surface area contributed by atoms with Gasteiger partial charge in [-0.15, -0.1) is 0 Å². The molecule has 1 aromatic carbocycles. The van der Waals surface area contributed by atoms with Gasteiger partial charge in [0, 0.05) is 12.6 Å². The van der Waals surface area contributed by atoms with Gasteiger partial charge in [-0.1, -0.05) is 0 Å². The summed E-state index contributed by atoms with van der Waals surface area (Å²) < 4.78 is 10.4. The number of aryl methyl sites for hydroxylation is 1. The molecular formula is C11H18N2O2. The fourth-order valence-corrected chi connectivity index (χ4v) is 1.52. The third kappa shape index (κ3) is 2.40. The van der Waals surface area contributed by atoms with Crippen LogP contribution in [0.5, 0.6) is 11.5 Å². The molecule has 0 bridgehead atoms. The highest BCUT2D eigenvalue weighted by Gasteiger charge is 2.12. The molecule has 4 heteroatoms. The molecule has 0 aliphatic rings. The van der Waals surface area contributed by atoms with Crippen LogP contribution in [0.2, 0.25) is 0 Å². The minimum Gasteiger partial charge on any atom is -0.493 e. The summed E-state index contributed by atoms with van der Waals surface area (Å²) in [7, 11) is 3.21. The van der Waals surface area contributed by atoms with E-state index in [2.05, 4.69) is 0 Å². The van der Waals surface area contributed by atoms with Gasteiger partial charge in [0.05, 0.1) is 14.2 Å². The van der Waals surface area contributed by atoms with E-state index in [0.717, 1.165) is 11.1 Å². The van der Waals surface area contributed by atoms with Gasteiger partial charge in [-0.25, -0.2) is 0 Å². The largest absolute Gasteiger partial charge is 0.493 e. The van der Waals surface area contributed by atoms with Crippen molar-refractivity contribution in [2.45, 2.75) is 13.0 Å². The minimum absolute atomic E-state index is 0.162. The Labute approximate surface area is 90.2 Å². The fourth-order valence-electron chi connectivity index (χ4n) is 1.52. The van der Waals surface area contributed by atoms with Gasteiger partial charge in [-0.3, -0.25) is 0 Å². The molecule has 0 aromatic heterocycles. The van der Waals surface area contributed by atoms with E-state index in [9.17, 15) is 0 Å². The van der Waals surface area contributed by atoms with Gasteiger partial charge in [0.2, 0.25) is 0 Å². The first-order chi connectivity index (χ1) is 7.13. The normalized spacial score (nSPS) is 12.3. The maximum Gasteiger partial charge on any atom is 0.161 e. The molecular weight excluding hydrogens is 192 g/mol. The molecule has 4 N–H and O–H groups in total. The number of ether oxygens (including phenoxy) is 2. The SMILES string of the molecule is COc1cc(C)c([C@@H](N)CN)cc1OC. The average molecular weight is 210 g/mol. The molecule has 0 radical (unpaired) electrons. The smallest absolute Gasteiger partial charge is 0.161 e. The summed E-state index contributed by atoms with van der Waals surface area (Å²) in [4.78, 5) is 0. The summed E-state index contributed by atoms with van der Waals surface area (Å²) in [6.07, 6.45) is 0. The third-order valence-corrected chi connectivity index (χ3v) is 2.43. The van der Waals surface area contributed by atoms with Crippen molar-refractivity contribution >= 4 is 0 Å². The zero-order valence-corrected chi connectivity index (χ0v) is 9.41. The molecule has 0 aliphatic carbocycles. The predicted molar refractivity (Wildman–Crippen MR) is 60.3 cm³/mol. The second kappa shape index (κ2) is 5.00. The Morgan fingerprint density at radius 2 is 1.73 bits per heavy atom. The van der Waals surface area contributed by atoms with Crippen molar-refractivity contribution in [1.29, 1.82) is 0 Å². The van der Waals surface area contributed by atoms with Crippen LogP contribution in [0, 0.1) is 6.92 Å². The van der Waals surface area contributed by atoms with Crippen molar-refractivity contribution in [3.8, 4) is 11.5 Å². The zero-order chi connectivity index (χ0) is 11.4. The molecule has 1 rings (SSSR count). The van der Waals surface area contributed by atoms with Crippen LogP contribution in [0.25, 0.3) is 0 Å². The van der Waals surface area contributed by atoms with E-state index in [4.69, 9.17) is 20.9 Å². The number of hydrogen-bond donors (Lipinski definition) is 2. The molecule has 0 aliphatic heterocycles. The lowest BCUT2D eigenvalue weighted by Gasteiger charge is -2.16. The van der Waals surface area contributed by atoms with E-state index in [-0.39, 0.29) is 6.04 Å². The summed E-state index contributed by atoms with van der Waals surface area (Å²) in [6.45, 7) is 2.39. The minimum atomic E-state index is -0.162. The summed E-state index contributed by atoms with van der Waals surface area (Å²) in [5.74, 6) is 1.39. The summed E-state index contributed by atoms with van der Waals surface area (Å²) in [5.41, 5.74) is 13.5. The molecule has 15 heavy (non-hydrogen) atoms. The van der Waals surface area contributed by atoms with Crippen molar-refractivity contribution in [1.82, 2.24) is 0 Å². The predicted octanol–water partition coefficient (Wildman–Crippen LogP) is 0.971. The van der Waals surface area contributed by atoms with Gasteiger partial charge in [0.1, 0.15) is 0 Å². The molecule has 0 unspecified atom stereocenters. The number of methoxy groups -OCH3 is 2. The van der Waals surface area contributed by atoms with Crippen LogP contribution in [0.1, 0.15) is 17.2 Å². The van der Waals surface area contributed by atoms with Crippen molar-refractivity contribution in [3.63, 3.8) is 0 Å². The third-order valence-electron chi connectivity index (χ3n) is 2.43. The van der Waals surface area contributed by atoms with E-state index in [1.807, 2.05) is 19.1 Å². The molecule has 0 spiro atoms. The first kappa shape index (κ1) is 11.8. The standard InChI is InChI=1S/C11H18N2O2/c1-7-4-10(14-2)11(15-3)5-8(7)9(13)6-12/h4-5,9H,6,12-13H2,1-3H3/t9-/m0/s1. The second-order valence-corrected chi connectivity index (χ2v) is 3.41. The van der Waals surface area contributed by atoms with Gasteiger partial charge in [0.25, 0.3) is 0 Å². The van der Waals surface area contributed by atoms with Crippen LogP contribution < -0.4 is 20.9 Å². The number of benzene rings is 1. The zero-order valence-electron chi connectivity index (χ0n) is 9.41. The molecule has 0 heterocycles. The lowest BCUT2D eigenvalue weighted by Crippen LogP contribution is -2.21. The van der Waals surface area contributed by atoms with Crippen molar-refractivity contribution < 1.29 is 9.47 Å². The first-order valence-corrected chi connectivity index (χ1v) is 4.82. The highest BCUT2D eigenvalue weighted by Crippen LogP contribution is 2.31. The molecule has 0 saturated heterocycles. The van der Waals surface area contributed by atoms with Crippen LogP contribution in [0.3, 0.4) is 0 Å². The van der Waals surface area contributed by atoms with Gasteiger partial charge >= 0.3 is 0 Å². The highest BCUT2D eigenvalue weighted by atomic mass is 16.5. The van der Waals surface area contributed by atoms with Crippen LogP contribution >= 0.6 is 0 Å². The second-order valence-electron chi connectivity index (χ2n) is 3.41. The molecule has 0 saturated carbocycles. The van der Waals surface area contributed by atoms with E-state index in [1.54, 1.807) is 14.2 Å². The van der Waals surface area contributed by atoms with E-state index < -0.39 is 0 Å². The van der Waals surface area contributed by atoms with Crippen LogP contribution in [-0.4, -0.2) is 20.8 Å². The van der Waals surface area contributed by atoms with E-state index >= 15 is 0 Å². The molecule has 4 nitrogen and oxygen atoms in total. The van der Waals surface area contributed by atoms with E-state index in [1.165, 1.54) is 0 Å². The Morgan fingerprint density at radius 1 is 1.20 bits per heavy atom. The molecule has 0 amide bonds. The maximum absolute atomic E-state index is 5.89. The Bertz CT molecular complexity index is 340. The molecule has 84 valence electrons. The highest BCUT2D eigenvalue weighted by molar-refractivity contribution is 5.48. The number of rotatable bonds is 4. The maximum atomic E-state index is 5.89. The van der Waals surface area contributed by atoms with Crippen molar-refractivity contribution in [3.05, 3.63) is 23.3 Å². The first-order valence-electron chi connectivity index (χ1n) is 4.82. The Hall–Kier alpha value is -1.26. The topological polar surface area (TPSA) is 70.5 Å². The fraction of sp³-hybridized carbons (Fsp3) is 0.455. The lowest BCUT2D eigenvalue weighted by molar-refractivity contribution is 0.354. The van der Waals surface area contributed by atoms with Crippen LogP contribution in [-0.2, 0) is 0 Å². The van der Waals surface area contributed by atoms with E-state index in [0.29, 0.717) is 18.0 Å². The quantitative estimate of drug-likeness (QED) is 0.777. The summed E-state index contributed by atoms with van der Waals surface area (Å²) >= 11 is 0. The van der Waals surface area contributed by atoms with Gasteiger partial charge in [0.15, 0.2) is 11.5 Å². The average Bonchev–Trinajstić information content (AvgIpc) is 2.27. The monoisotopic (exact) mass is 210 g/mol. The number of nitrogens with two attached hydrogens (primary N) is 2. The number of hydrogen-bond acceptors (Lipinski definition) is 4. The molecule has 1 aromatic rings. The van der Waals surface area contributed by atoms with Gasteiger partial charge < -0.3 is 20.9 Å². The lowest BCUT2D eigenvalue weighted by atomic mass is 10.0. The van der Waals surface area contributed by atoms with Crippen LogP contribution in [0.15, 0.2) is 12.1 Å². The van der Waals surface area contributed by atoms with Crippen molar-refractivity contribution in [2.24, 2.45) is 11.5 Å². The van der Waals surface area contributed by atoms with Crippen molar-refractivity contribution in [2.75, 3.05) is 20.8 Å². The molecule has 1 atom stereocenters.